The summed E-state index contributed by atoms with van der Waals surface area (Å²) in [5.74, 6) is 2.85. The van der Waals surface area contributed by atoms with Crippen molar-refractivity contribution in [2.24, 2.45) is 0 Å². The van der Waals surface area contributed by atoms with Crippen molar-refractivity contribution in [3.05, 3.63) is 35.9 Å². The zero-order valence-electron chi connectivity index (χ0n) is 25.8. The van der Waals surface area contributed by atoms with Crippen molar-refractivity contribution in [1.82, 2.24) is 14.5 Å². The van der Waals surface area contributed by atoms with Crippen molar-refractivity contribution in [3.63, 3.8) is 0 Å². The van der Waals surface area contributed by atoms with Crippen molar-refractivity contribution >= 4 is 0 Å². The molecule has 1 aromatic heterocycles. The van der Waals surface area contributed by atoms with Gasteiger partial charge in [-0.15, -0.1) is 0 Å². The molecule has 1 aromatic carbocycles. The zero-order chi connectivity index (χ0) is 28.5. The van der Waals surface area contributed by atoms with E-state index in [0.29, 0.717) is 23.9 Å². The van der Waals surface area contributed by atoms with Gasteiger partial charge in [-0.1, -0.05) is 71.6 Å². The standard InChI is InChI=1S/C32H55N3O4/c1-8-10-11-12-13-14-15-16-17-18-20-35-21-19-33-32(35)30(27(9-2)39-23-22-34(3)4)26-24-28(36-5)31(38-7)29(25-26)37-6/h19,21,24-25,27,30H,8-18,20,22-23H2,1-7H3. The highest BCUT2D eigenvalue weighted by atomic mass is 16.5. The molecule has 7 nitrogen and oxygen atoms in total. The minimum atomic E-state index is -0.0658. The topological polar surface area (TPSA) is 58.0 Å². The number of aromatic nitrogens is 2. The van der Waals surface area contributed by atoms with Gasteiger partial charge in [0, 0.05) is 25.5 Å². The maximum atomic E-state index is 6.50. The molecule has 2 rings (SSSR count). The lowest BCUT2D eigenvalue weighted by Gasteiger charge is -2.29. The van der Waals surface area contributed by atoms with Crippen LogP contribution in [0.2, 0.25) is 0 Å². The van der Waals surface area contributed by atoms with Crippen LogP contribution in [0.4, 0.5) is 0 Å². The maximum absolute atomic E-state index is 6.50. The highest BCUT2D eigenvalue weighted by molar-refractivity contribution is 5.55. The number of hydrogen-bond acceptors (Lipinski definition) is 6. The third kappa shape index (κ3) is 10.7. The molecule has 0 fully saturated rings. The Morgan fingerprint density at radius 2 is 1.41 bits per heavy atom. The number of rotatable bonds is 22. The molecule has 0 saturated carbocycles. The second kappa shape index (κ2) is 18.9. The van der Waals surface area contributed by atoms with Crippen LogP contribution in [0.1, 0.15) is 102 Å². The highest BCUT2D eigenvalue weighted by Gasteiger charge is 2.30. The third-order valence-corrected chi connectivity index (χ3v) is 7.47. The van der Waals surface area contributed by atoms with Gasteiger partial charge in [-0.25, -0.2) is 4.98 Å². The van der Waals surface area contributed by atoms with Crippen molar-refractivity contribution < 1.29 is 18.9 Å². The van der Waals surface area contributed by atoms with E-state index in [4.69, 9.17) is 23.9 Å². The van der Waals surface area contributed by atoms with Gasteiger partial charge < -0.3 is 28.4 Å². The van der Waals surface area contributed by atoms with Gasteiger partial charge in [-0.05, 0) is 44.6 Å². The number of hydrogen-bond donors (Lipinski definition) is 0. The van der Waals surface area contributed by atoms with E-state index in [0.717, 1.165) is 37.3 Å². The second-order valence-corrected chi connectivity index (χ2v) is 10.7. The molecule has 0 bridgehead atoms. The lowest BCUT2D eigenvalue weighted by molar-refractivity contribution is 0.0295. The van der Waals surface area contributed by atoms with Crippen LogP contribution < -0.4 is 14.2 Å². The SMILES string of the molecule is CCCCCCCCCCCCn1ccnc1C(c1cc(OC)c(OC)c(OC)c1)C(CC)OCCN(C)C. The smallest absolute Gasteiger partial charge is 0.203 e. The van der Waals surface area contributed by atoms with Crippen LogP contribution in [0.5, 0.6) is 17.2 Å². The number of benzene rings is 1. The van der Waals surface area contributed by atoms with E-state index in [2.05, 4.69) is 43.6 Å². The summed E-state index contributed by atoms with van der Waals surface area (Å²) in [5.41, 5.74) is 1.05. The van der Waals surface area contributed by atoms with Crippen LogP contribution in [-0.2, 0) is 11.3 Å². The van der Waals surface area contributed by atoms with E-state index >= 15 is 0 Å². The van der Waals surface area contributed by atoms with Crippen LogP contribution in [0, 0.1) is 0 Å². The first-order valence-electron chi connectivity index (χ1n) is 15.1. The van der Waals surface area contributed by atoms with Gasteiger partial charge in [-0.2, -0.15) is 0 Å². The number of ether oxygens (including phenoxy) is 4. The second-order valence-electron chi connectivity index (χ2n) is 10.7. The summed E-state index contributed by atoms with van der Waals surface area (Å²) in [4.78, 5) is 7.03. The van der Waals surface area contributed by atoms with Crippen LogP contribution >= 0.6 is 0 Å². The van der Waals surface area contributed by atoms with Crippen molar-refractivity contribution in [2.45, 2.75) is 103 Å². The van der Waals surface area contributed by atoms with Crippen LogP contribution in [0.3, 0.4) is 0 Å². The van der Waals surface area contributed by atoms with Crippen LogP contribution in [0.25, 0.3) is 0 Å². The summed E-state index contributed by atoms with van der Waals surface area (Å²) in [5, 5.41) is 0. The molecule has 0 spiro atoms. The number of likely N-dealkylation sites (N-methyl/N-ethyl adjacent to an activating group) is 1. The molecule has 1 heterocycles. The molecule has 0 aliphatic rings. The molecule has 0 amide bonds. The lowest BCUT2D eigenvalue weighted by Crippen LogP contribution is -2.29. The number of nitrogens with zero attached hydrogens (tertiary/aromatic N) is 3. The molecule has 222 valence electrons. The fraction of sp³-hybridized carbons (Fsp3) is 0.719. The fourth-order valence-electron chi connectivity index (χ4n) is 5.21. The lowest BCUT2D eigenvalue weighted by atomic mass is 9.90. The minimum absolute atomic E-state index is 0.0402. The Bertz CT molecular complexity index is 890. The number of aryl methyl sites for hydroxylation is 1. The van der Waals surface area contributed by atoms with Crippen molar-refractivity contribution in [2.75, 3.05) is 48.6 Å². The molecule has 0 saturated heterocycles. The number of unbranched alkanes of at least 4 members (excludes halogenated alkanes) is 9. The van der Waals surface area contributed by atoms with Crippen LogP contribution in [-0.4, -0.2) is 69.1 Å². The van der Waals surface area contributed by atoms with E-state index in [1.165, 1.54) is 57.8 Å². The Morgan fingerprint density at radius 1 is 0.821 bits per heavy atom. The van der Waals surface area contributed by atoms with E-state index in [-0.39, 0.29) is 12.0 Å². The summed E-state index contributed by atoms with van der Waals surface area (Å²) in [7, 11) is 9.09. The molecule has 0 aliphatic heterocycles. The molecule has 7 heteroatoms. The third-order valence-electron chi connectivity index (χ3n) is 7.47. The molecule has 2 unspecified atom stereocenters. The first-order valence-corrected chi connectivity index (χ1v) is 15.1. The average Bonchev–Trinajstić information content (AvgIpc) is 3.40. The summed E-state index contributed by atoms with van der Waals surface area (Å²) in [6, 6.07) is 4.09. The molecule has 2 atom stereocenters. The van der Waals surface area contributed by atoms with Crippen LogP contribution in [0.15, 0.2) is 24.5 Å². The monoisotopic (exact) mass is 545 g/mol. The summed E-state index contributed by atoms with van der Waals surface area (Å²) >= 11 is 0. The zero-order valence-corrected chi connectivity index (χ0v) is 25.8. The Balaban J connectivity index is 2.19. The molecular formula is C32H55N3O4. The predicted molar refractivity (Wildman–Crippen MR) is 161 cm³/mol. The van der Waals surface area contributed by atoms with Crippen molar-refractivity contribution in [3.8, 4) is 17.2 Å². The van der Waals surface area contributed by atoms with E-state index in [1.54, 1.807) is 21.3 Å². The normalized spacial score (nSPS) is 13.0. The summed E-state index contributed by atoms with van der Waals surface area (Å²) in [6.07, 6.45) is 18.1. The summed E-state index contributed by atoms with van der Waals surface area (Å²) < 4.78 is 25.8. The maximum Gasteiger partial charge on any atom is 0.203 e. The molecule has 2 aromatic rings. The number of methoxy groups -OCH3 is 3. The van der Waals surface area contributed by atoms with E-state index in [1.807, 2.05) is 18.3 Å². The Hall–Kier alpha value is -2.25. The fourth-order valence-corrected chi connectivity index (χ4v) is 5.21. The molecule has 39 heavy (non-hydrogen) atoms. The van der Waals surface area contributed by atoms with Gasteiger partial charge in [0.15, 0.2) is 11.5 Å². The predicted octanol–water partition coefficient (Wildman–Crippen LogP) is 7.32. The van der Waals surface area contributed by atoms with E-state index in [9.17, 15) is 0 Å². The summed E-state index contributed by atoms with van der Waals surface area (Å²) in [6.45, 7) is 6.94. The van der Waals surface area contributed by atoms with Gasteiger partial charge in [0.1, 0.15) is 5.82 Å². The molecule has 0 aliphatic carbocycles. The Labute approximate surface area is 238 Å². The van der Waals surface area contributed by atoms with Gasteiger partial charge >= 0.3 is 0 Å². The number of imidazole rings is 1. The molecule has 0 radical (unpaired) electrons. The highest BCUT2D eigenvalue weighted by Crippen LogP contribution is 2.42. The van der Waals surface area contributed by atoms with Gasteiger partial charge in [0.2, 0.25) is 5.75 Å². The molecule has 0 N–H and O–H groups in total. The molecular weight excluding hydrogens is 490 g/mol. The van der Waals surface area contributed by atoms with E-state index < -0.39 is 0 Å². The Kier molecular flexibility index (Phi) is 16.0. The Morgan fingerprint density at radius 3 is 1.92 bits per heavy atom. The largest absolute Gasteiger partial charge is 0.493 e. The van der Waals surface area contributed by atoms with Crippen molar-refractivity contribution in [1.29, 1.82) is 0 Å². The minimum Gasteiger partial charge on any atom is -0.493 e. The first kappa shape index (κ1) is 33.0. The van der Waals surface area contributed by atoms with Gasteiger partial charge in [-0.3, -0.25) is 0 Å². The average molecular weight is 546 g/mol. The van der Waals surface area contributed by atoms with Gasteiger partial charge in [0.25, 0.3) is 0 Å². The first-order chi connectivity index (χ1) is 19.0. The quantitative estimate of drug-likeness (QED) is 0.145. The van der Waals surface area contributed by atoms with Gasteiger partial charge in [0.05, 0.1) is 40.0 Å².